The first kappa shape index (κ1) is 29.6. The second-order valence-corrected chi connectivity index (χ2v) is 10.5. The van der Waals surface area contributed by atoms with E-state index < -0.39 is 11.7 Å². The van der Waals surface area contributed by atoms with E-state index in [1.807, 2.05) is 48.5 Å². The first-order chi connectivity index (χ1) is 18.7. The van der Waals surface area contributed by atoms with Gasteiger partial charge in [0.2, 0.25) is 0 Å². The number of benzene rings is 3. The molecule has 1 saturated heterocycles. The van der Waals surface area contributed by atoms with Crippen LogP contribution in [0.5, 0.6) is 5.75 Å². The summed E-state index contributed by atoms with van der Waals surface area (Å²) in [5.74, 6) is 0.292. The van der Waals surface area contributed by atoms with E-state index in [-0.39, 0.29) is 26.6 Å². The molecule has 0 radical (unpaired) electrons. The molecular formula is C29H29Cl2F3N2O2S. The van der Waals surface area contributed by atoms with E-state index in [0.29, 0.717) is 25.4 Å². The molecule has 1 N–H and O–H groups in total. The molecule has 3 aromatic rings. The van der Waals surface area contributed by atoms with Crippen molar-refractivity contribution in [2.45, 2.75) is 24.9 Å². The summed E-state index contributed by atoms with van der Waals surface area (Å²) in [7, 11) is 1.60. The number of nitrogens with zero attached hydrogens (tertiary/aromatic N) is 1. The van der Waals surface area contributed by atoms with E-state index in [0.717, 1.165) is 48.8 Å². The molecule has 1 unspecified atom stereocenters. The van der Waals surface area contributed by atoms with Gasteiger partial charge >= 0.3 is 6.18 Å². The summed E-state index contributed by atoms with van der Waals surface area (Å²) in [6, 6.07) is 17.6. The Bertz CT molecular complexity index is 1290. The van der Waals surface area contributed by atoms with E-state index in [4.69, 9.17) is 44.9 Å². The van der Waals surface area contributed by atoms with Gasteiger partial charge in [-0.25, -0.2) is 0 Å². The average molecular weight is 598 g/mol. The lowest BCUT2D eigenvalue weighted by Gasteiger charge is -2.28. The zero-order valence-corrected chi connectivity index (χ0v) is 23.7. The lowest BCUT2D eigenvalue weighted by Crippen LogP contribution is -2.37. The third-order valence-electron chi connectivity index (χ3n) is 6.72. The van der Waals surface area contributed by atoms with Crippen molar-refractivity contribution in [1.29, 1.82) is 0 Å². The van der Waals surface area contributed by atoms with Crippen LogP contribution in [0, 0.1) is 0 Å². The van der Waals surface area contributed by atoms with Gasteiger partial charge in [-0.1, -0.05) is 77.9 Å². The minimum Gasteiger partial charge on any atom is -0.496 e. The van der Waals surface area contributed by atoms with Gasteiger partial charge in [-0.15, -0.1) is 0 Å². The third kappa shape index (κ3) is 7.64. The maximum atomic E-state index is 13.8. The van der Waals surface area contributed by atoms with Crippen molar-refractivity contribution in [3.05, 3.63) is 81.8 Å². The van der Waals surface area contributed by atoms with E-state index in [9.17, 15) is 13.2 Å². The van der Waals surface area contributed by atoms with Crippen LogP contribution >= 0.6 is 35.4 Å². The highest BCUT2D eigenvalue weighted by Crippen LogP contribution is 2.41. The van der Waals surface area contributed by atoms with Crippen molar-refractivity contribution in [3.63, 3.8) is 0 Å². The van der Waals surface area contributed by atoms with Gasteiger partial charge in [-0.05, 0) is 48.7 Å². The van der Waals surface area contributed by atoms with E-state index in [2.05, 4.69) is 10.2 Å². The molecule has 1 atom stereocenters. The van der Waals surface area contributed by atoms with Crippen LogP contribution < -0.4 is 10.1 Å². The number of ether oxygens (including phenoxy) is 2. The van der Waals surface area contributed by atoms with E-state index in [1.54, 1.807) is 7.11 Å². The maximum absolute atomic E-state index is 13.8. The Morgan fingerprint density at radius 2 is 1.74 bits per heavy atom. The molecule has 0 aliphatic carbocycles. The Morgan fingerprint density at radius 1 is 1.05 bits per heavy atom. The number of morpholine rings is 1. The van der Waals surface area contributed by atoms with Gasteiger partial charge in [0.25, 0.3) is 0 Å². The molecular weight excluding hydrogens is 568 g/mol. The van der Waals surface area contributed by atoms with Crippen molar-refractivity contribution < 1.29 is 22.6 Å². The predicted octanol–water partition coefficient (Wildman–Crippen LogP) is 8.32. The minimum atomic E-state index is -4.64. The molecule has 10 heteroatoms. The fourth-order valence-corrected chi connectivity index (χ4v) is 5.37. The van der Waals surface area contributed by atoms with Crippen molar-refractivity contribution in [1.82, 2.24) is 4.90 Å². The summed E-state index contributed by atoms with van der Waals surface area (Å²) in [6.07, 6.45) is -3.22. The van der Waals surface area contributed by atoms with E-state index in [1.165, 1.54) is 6.07 Å². The van der Waals surface area contributed by atoms with Crippen molar-refractivity contribution >= 4 is 46.1 Å². The molecule has 1 aliphatic rings. The Balaban J connectivity index is 1.64. The molecule has 39 heavy (non-hydrogen) atoms. The van der Waals surface area contributed by atoms with Crippen LogP contribution in [0.15, 0.2) is 60.7 Å². The molecule has 0 bridgehead atoms. The number of hydrogen-bond acceptors (Lipinski definition) is 4. The van der Waals surface area contributed by atoms with Crippen LogP contribution in [-0.2, 0) is 10.9 Å². The van der Waals surface area contributed by atoms with Gasteiger partial charge in [0.15, 0.2) is 0 Å². The average Bonchev–Trinajstić information content (AvgIpc) is 2.93. The number of rotatable bonds is 9. The van der Waals surface area contributed by atoms with Crippen LogP contribution in [0.4, 0.5) is 18.9 Å². The lowest BCUT2D eigenvalue weighted by atomic mass is 9.91. The lowest BCUT2D eigenvalue weighted by molar-refractivity contribution is -0.136. The van der Waals surface area contributed by atoms with Gasteiger partial charge in [0, 0.05) is 24.6 Å². The Kier molecular flexibility index (Phi) is 10.1. The molecule has 4 rings (SSSR count). The summed E-state index contributed by atoms with van der Waals surface area (Å²) in [5.41, 5.74) is 1.60. The first-order valence-electron chi connectivity index (χ1n) is 12.6. The zero-order valence-electron chi connectivity index (χ0n) is 21.4. The standard InChI is InChI=1S/C29H29Cl2F3N2O2S/c1-37-27-16-20(9-10-21(27)19-6-3-2-4-7-19)22(8-5-11-36-12-14-38-15-13-36)28(39)35-26-18-25(31)24(30)17-23(26)29(32,33)34/h2-4,6-7,9-10,16-18,22H,5,8,11-15H2,1H3,(H,35,39). The molecule has 0 aromatic heterocycles. The highest BCUT2D eigenvalue weighted by Gasteiger charge is 2.35. The largest absolute Gasteiger partial charge is 0.496 e. The number of alkyl halides is 3. The molecule has 208 valence electrons. The summed E-state index contributed by atoms with van der Waals surface area (Å²) in [6.45, 7) is 3.93. The molecule has 3 aromatic carbocycles. The molecule has 0 spiro atoms. The van der Waals surface area contributed by atoms with Crippen LogP contribution in [0.3, 0.4) is 0 Å². The van der Waals surface area contributed by atoms with E-state index >= 15 is 0 Å². The van der Waals surface area contributed by atoms with Crippen molar-refractivity contribution in [2.75, 3.05) is 45.3 Å². The summed E-state index contributed by atoms with van der Waals surface area (Å²) >= 11 is 17.7. The first-order valence-corrected chi connectivity index (χ1v) is 13.7. The van der Waals surface area contributed by atoms with Gasteiger partial charge in [-0.2, -0.15) is 13.2 Å². The number of halogens is 5. The SMILES string of the molecule is COc1cc(C(CCCN2CCOCC2)C(=S)Nc2cc(Cl)c(Cl)cc2C(F)(F)F)ccc1-c1ccccc1. The monoisotopic (exact) mass is 596 g/mol. The Labute approximate surface area is 242 Å². The Morgan fingerprint density at radius 3 is 2.41 bits per heavy atom. The predicted molar refractivity (Wildman–Crippen MR) is 155 cm³/mol. The van der Waals surface area contributed by atoms with Gasteiger partial charge in [0.1, 0.15) is 5.75 Å². The molecule has 4 nitrogen and oxygen atoms in total. The molecule has 1 aliphatic heterocycles. The van der Waals surface area contributed by atoms with Gasteiger partial charge in [-0.3, -0.25) is 4.90 Å². The number of nitrogens with one attached hydrogen (secondary N) is 1. The van der Waals surface area contributed by atoms with Crippen molar-refractivity contribution in [2.24, 2.45) is 0 Å². The topological polar surface area (TPSA) is 33.7 Å². The van der Waals surface area contributed by atoms with Crippen molar-refractivity contribution in [3.8, 4) is 16.9 Å². The zero-order chi connectivity index (χ0) is 28.0. The number of hydrogen-bond donors (Lipinski definition) is 1. The number of anilines is 1. The fraction of sp³-hybridized carbons (Fsp3) is 0.345. The number of methoxy groups -OCH3 is 1. The van der Waals surface area contributed by atoms with Gasteiger partial charge < -0.3 is 14.8 Å². The quantitative estimate of drug-likeness (QED) is 0.251. The van der Waals surface area contributed by atoms with Crippen LogP contribution in [0.25, 0.3) is 11.1 Å². The van der Waals surface area contributed by atoms with Crippen LogP contribution in [0.2, 0.25) is 10.0 Å². The fourth-order valence-electron chi connectivity index (χ4n) is 4.68. The molecule has 0 amide bonds. The highest BCUT2D eigenvalue weighted by atomic mass is 35.5. The second-order valence-electron chi connectivity index (χ2n) is 9.27. The van der Waals surface area contributed by atoms with Crippen LogP contribution in [-0.4, -0.2) is 49.8 Å². The molecule has 1 fully saturated rings. The normalized spacial score (nSPS) is 15.1. The Hall–Kier alpha value is -2.36. The summed E-state index contributed by atoms with van der Waals surface area (Å²) < 4.78 is 52.6. The summed E-state index contributed by atoms with van der Waals surface area (Å²) in [5, 5.41) is 2.68. The van der Waals surface area contributed by atoms with Crippen LogP contribution in [0.1, 0.15) is 29.9 Å². The third-order valence-corrected chi connectivity index (χ3v) is 7.83. The maximum Gasteiger partial charge on any atom is 0.418 e. The minimum absolute atomic E-state index is 0.00715. The summed E-state index contributed by atoms with van der Waals surface area (Å²) in [4.78, 5) is 2.58. The number of thiocarbonyl (C=S) groups is 1. The second kappa shape index (κ2) is 13.3. The molecule has 1 heterocycles. The highest BCUT2D eigenvalue weighted by molar-refractivity contribution is 7.80. The van der Waals surface area contributed by atoms with Gasteiger partial charge in [0.05, 0.1) is 46.6 Å². The molecule has 0 saturated carbocycles. The smallest absolute Gasteiger partial charge is 0.418 e.